The maximum Gasteiger partial charge on any atom is 0.159 e. The van der Waals surface area contributed by atoms with Crippen LogP contribution in [0.3, 0.4) is 0 Å². The van der Waals surface area contributed by atoms with E-state index in [1.165, 1.54) is 16.8 Å². The fourth-order valence-electron chi connectivity index (χ4n) is 3.13. The van der Waals surface area contributed by atoms with Gasteiger partial charge in [0.1, 0.15) is 0 Å². The summed E-state index contributed by atoms with van der Waals surface area (Å²) >= 11 is 0. The summed E-state index contributed by atoms with van der Waals surface area (Å²) in [6.45, 7) is 11.4. The van der Waals surface area contributed by atoms with Gasteiger partial charge in [-0.05, 0) is 31.0 Å². The highest BCUT2D eigenvalue weighted by Gasteiger charge is 2.21. The highest BCUT2D eigenvalue weighted by molar-refractivity contribution is 5.55. The number of hydrogen-bond acceptors (Lipinski definition) is 4. The van der Waals surface area contributed by atoms with Gasteiger partial charge in [0.25, 0.3) is 0 Å². The predicted molar refractivity (Wildman–Crippen MR) is 84.9 cm³/mol. The smallest absolute Gasteiger partial charge is 0.159 e. The van der Waals surface area contributed by atoms with Crippen molar-refractivity contribution in [3.05, 3.63) is 29.3 Å². The van der Waals surface area contributed by atoms with Gasteiger partial charge >= 0.3 is 0 Å². The fourth-order valence-corrected chi connectivity index (χ4v) is 3.13. The second kappa shape index (κ2) is 6.77. The van der Waals surface area contributed by atoms with Gasteiger partial charge in [-0.3, -0.25) is 4.90 Å². The van der Waals surface area contributed by atoms with E-state index in [0.29, 0.717) is 0 Å². The van der Waals surface area contributed by atoms with Crippen LogP contribution in [0.25, 0.3) is 0 Å². The van der Waals surface area contributed by atoms with Crippen molar-refractivity contribution < 1.29 is 9.47 Å². The van der Waals surface area contributed by atoms with Gasteiger partial charge in [0.2, 0.25) is 0 Å². The average molecular weight is 290 g/mol. The molecule has 3 rings (SSSR count). The molecular weight excluding hydrogens is 264 g/mol. The van der Waals surface area contributed by atoms with Crippen LogP contribution in [0.2, 0.25) is 0 Å². The number of rotatable bonds is 4. The first-order chi connectivity index (χ1) is 10.2. The van der Waals surface area contributed by atoms with Gasteiger partial charge in [-0.2, -0.15) is 0 Å². The third-order valence-electron chi connectivity index (χ3n) is 4.45. The van der Waals surface area contributed by atoms with Crippen molar-refractivity contribution >= 4 is 5.69 Å². The van der Waals surface area contributed by atoms with Crippen LogP contribution >= 0.6 is 0 Å². The molecule has 0 N–H and O–H groups in total. The first-order valence-corrected chi connectivity index (χ1v) is 8.00. The van der Waals surface area contributed by atoms with Gasteiger partial charge in [0, 0.05) is 44.8 Å². The lowest BCUT2D eigenvalue weighted by molar-refractivity contribution is -0.0516. The number of anilines is 1. The van der Waals surface area contributed by atoms with Crippen LogP contribution in [0.1, 0.15) is 17.5 Å². The first kappa shape index (κ1) is 14.8. The van der Waals surface area contributed by atoms with E-state index in [2.05, 4.69) is 41.8 Å². The summed E-state index contributed by atoms with van der Waals surface area (Å²) in [6.07, 6.45) is 1.02. The maximum atomic E-state index is 5.50. The number of hydrogen-bond donors (Lipinski definition) is 0. The summed E-state index contributed by atoms with van der Waals surface area (Å²) in [5.41, 5.74) is 4.12. The van der Waals surface area contributed by atoms with Crippen molar-refractivity contribution in [3.8, 4) is 0 Å². The van der Waals surface area contributed by atoms with E-state index in [1.54, 1.807) is 0 Å². The minimum absolute atomic E-state index is 0.0297. The molecule has 4 nitrogen and oxygen atoms in total. The average Bonchev–Trinajstić information content (AvgIpc) is 3.02. The van der Waals surface area contributed by atoms with Crippen molar-refractivity contribution in [1.82, 2.24) is 4.90 Å². The molecule has 2 fully saturated rings. The van der Waals surface area contributed by atoms with E-state index in [-0.39, 0.29) is 6.29 Å². The highest BCUT2D eigenvalue weighted by atomic mass is 16.7. The molecular formula is C17H26N2O2. The number of aryl methyl sites for hydroxylation is 2. The zero-order chi connectivity index (χ0) is 14.7. The van der Waals surface area contributed by atoms with Gasteiger partial charge in [0.15, 0.2) is 6.29 Å². The van der Waals surface area contributed by atoms with Crippen molar-refractivity contribution in [3.63, 3.8) is 0 Å². The monoisotopic (exact) mass is 290 g/mol. The number of ether oxygens (including phenoxy) is 2. The zero-order valence-corrected chi connectivity index (χ0v) is 13.2. The van der Waals surface area contributed by atoms with Gasteiger partial charge in [-0.25, -0.2) is 0 Å². The van der Waals surface area contributed by atoms with Gasteiger partial charge in [-0.1, -0.05) is 12.1 Å². The Balaban J connectivity index is 1.49. The van der Waals surface area contributed by atoms with Crippen molar-refractivity contribution in [2.24, 2.45) is 0 Å². The molecule has 2 aliphatic heterocycles. The molecule has 0 unspecified atom stereocenters. The zero-order valence-electron chi connectivity index (χ0n) is 13.2. The Bertz CT molecular complexity index is 464. The molecule has 0 radical (unpaired) electrons. The lowest BCUT2D eigenvalue weighted by Crippen LogP contribution is -2.47. The molecule has 21 heavy (non-hydrogen) atoms. The van der Waals surface area contributed by atoms with Crippen LogP contribution in [0.4, 0.5) is 5.69 Å². The molecule has 1 aromatic rings. The molecule has 0 atom stereocenters. The summed E-state index contributed by atoms with van der Waals surface area (Å²) < 4.78 is 11.0. The normalized spacial score (nSPS) is 21.1. The molecule has 2 aliphatic rings. The van der Waals surface area contributed by atoms with Gasteiger partial charge < -0.3 is 14.4 Å². The minimum atomic E-state index is 0.0297. The molecule has 0 amide bonds. The van der Waals surface area contributed by atoms with Crippen LogP contribution in [0.15, 0.2) is 18.2 Å². The van der Waals surface area contributed by atoms with Crippen LogP contribution in [-0.4, -0.2) is 57.1 Å². The summed E-state index contributed by atoms with van der Waals surface area (Å²) in [6, 6.07) is 6.73. The molecule has 0 aromatic heterocycles. The second-order valence-corrected chi connectivity index (χ2v) is 6.08. The highest BCUT2D eigenvalue weighted by Crippen LogP contribution is 2.23. The third-order valence-corrected chi connectivity index (χ3v) is 4.45. The standard InChI is InChI=1S/C17H26N2O2/c1-14-3-4-15(2)16(13-14)19-9-7-18(8-10-19)6-5-17-20-11-12-21-17/h3-4,13,17H,5-12H2,1-2H3. The first-order valence-electron chi connectivity index (χ1n) is 8.00. The minimum Gasteiger partial charge on any atom is -0.369 e. The van der Waals surface area contributed by atoms with Crippen LogP contribution in [0, 0.1) is 13.8 Å². The number of piperazine rings is 1. The topological polar surface area (TPSA) is 24.9 Å². The van der Waals surface area contributed by atoms with Crippen LogP contribution in [0.5, 0.6) is 0 Å². The Morgan fingerprint density at radius 1 is 1.05 bits per heavy atom. The molecule has 0 saturated carbocycles. The summed E-state index contributed by atoms with van der Waals surface area (Å²) in [7, 11) is 0. The molecule has 2 saturated heterocycles. The molecule has 0 bridgehead atoms. The third kappa shape index (κ3) is 3.76. The molecule has 0 aliphatic carbocycles. The Hall–Kier alpha value is -1.10. The van der Waals surface area contributed by atoms with E-state index in [4.69, 9.17) is 9.47 Å². The number of benzene rings is 1. The summed E-state index contributed by atoms with van der Waals surface area (Å²) in [5.74, 6) is 0. The van der Waals surface area contributed by atoms with E-state index < -0.39 is 0 Å². The Kier molecular flexibility index (Phi) is 4.78. The SMILES string of the molecule is Cc1ccc(C)c(N2CCN(CCC3OCCO3)CC2)c1. The number of nitrogens with zero attached hydrogens (tertiary/aromatic N) is 2. The van der Waals surface area contributed by atoms with E-state index in [1.807, 2.05) is 0 Å². The van der Waals surface area contributed by atoms with Gasteiger partial charge in [-0.15, -0.1) is 0 Å². The van der Waals surface area contributed by atoms with Crippen LogP contribution in [-0.2, 0) is 9.47 Å². The molecule has 4 heteroatoms. The Morgan fingerprint density at radius 2 is 1.76 bits per heavy atom. The van der Waals surface area contributed by atoms with Crippen molar-refractivity contribution in [2.75, 3.05) is 50.8 Å². The fraction of sp³-hybridized carbons (Fsp3) is 0.647. The predicted octanol–water partition coefficient (Wildman–Crippen LogP) is 2.19. The Labute approximate surface area is 127 Å². The molecule has 2 heterocycles. The summed E-state index contributed by atoms with van der Waals surface area (Å²) in [4.78, 5) is 5.04. The summed E-state index contributed by atoms with van der Waals surface area (Å²) in [5, 5.41) is 0. The second-order valence-electron chi connectivity index (χ2n) is 6.08. The van der Waals surface area contributed by atoms with E-state index in [9.17, 15) is 0 Å². The van der Waals surface area contributed by atoms with Crippen molar-refractivity contribution in [2.45, 2.75) is 26.6 Å². The Morgan fingerprint density at radius 3 is 2.48 bits per heavy atom. The van der Waals surface area contributed by atoms with Crippen LogP contribution < -0.4 is 4.90 Å². The molecule has 1 aromatic carbocycles. The lowest BCUT2D eigenvalue weighted by Gasteiger charge is -2.37. The maximum absolute atomic E-state index is 5.50. The molecule has 0 spiro atoms. The van der Waals surface area contributed by atoms with Crippen molar-refractivity contribution in [1.29, 1.82) is 0 Å². The largest absolute Gasteiger partial charge is 0.369 e. The molecule has 116 valence electrons. The van der Waals surface area contributed by atoms with E-state index in [0.717, 1.165) is 52.4 Å². The quantitative estimate of drug-likeness (QED) is 0.848. The van der Waals surface area contributed by atoms with E-state index >= 15 is 0 Å². The van der Waals surface area contributed by atoms with Gasteiger partial charge in [0.05, 0.1) is 13.2 Å². The lowest BCUT2D eigenvalue weighted by atomic mass is 10.1.